The van der Waals surface area contributed by atoms with Crippen LogP contribution in [0.4, 0.5) is 0 Å². The van der Waals surface area contributed by atoms with Crippen LogP contribution in [0.15, 0.2) is 12.2 Å². The Morgan fingerprint density at radius 2 is 2.11 bits per heavy atom. The first-order valence-corrected chi connectivity index (χ1v) is 7.10. The first-order chi connectivity index (χ1) is 8.99. The summed E-state index contributed by atoms with van der Waals surface area (Å²) in [5.74, 6) is 0.533. The molecule has 0 radical (unpaired) electrons. The monoisotopic (exact) mass is 264 g/mol. The molecule has 2 saturated carbocycles. The highest BCUT2D eigenvalue weighted by atomic mass is 16.4. The number of aliphatic hydroxyl groups excluding tert-OH is 1. The van der Waals surface area contributed by atoms with Crippen LogP contribution in [-0.2, 0) is 9.59 Å². The van der Waals surface area contributed by atoms with E-state index in [1.165, 1.54) is 0 Å². The van der Waals surface area contributed by atoms with Crippen LogP contribution in [0.3, 0.4) is 0 Å². The minimum atomic E-state index is -0.998. The van der Waals surface area contributed by atoms with Gasteiger partial charge in [0.1, 0.15) is 5.78 Å². The van der Waals surface area contributed by atoms with Gasteiger partial charge in [-0.15, -0.1) is 0 Å². The predicted octanol–water partition coefficient (Wildman–Crippen LogP) is 1.49. The average molecular weight is 264 g/mol. The molecule has 0 spiro atoms. The maximum Gasteiger partial charge on any atom is 0.305 e. The zero-order chi connectivity index (χ0) is 13.7. The highest BCUT2D eigenvalue weighted by Crippen LogP contribution is 2.56. The van der Waals surface area contributed by atoms with Crippen molar-refractivity contribution in [2.45, 2.75) is 32.3 Å². The van der Waals surface area contributed by atoms with Gasteiger partial charge >= 0.3 is 5.97 Å². The van der Waals surface area contributed by atoms with Gasteiger partial charge < -0.3 is 10.2 Å². The molecule has 4 heteroatoms. The van der Waals surface area contributed by atoms with E-state index in [1.54, 1.807) is 0 Å². The van der Waals surface area contributed by atoms with Crippen molar-refractivity contribution in [1.29, 1.82) is 0 Å². The van der Waals surface area contributed by atoms with E-state index in [1.807, 2.05) is 0 Å². The van der Waals surface area contributed by atoms with E-state index in [4.69, 9.17) is 5.11 Å². The number of carbonyl (C=O) groups is 2. The average Bonchev–Trinajstić information content (AvgIpc) is 2.93. The molecule has 19 heavy (non-hydrogen) atoms. The van der Waals surface area contributed by atoms with Crippen LogP contribution >= 0.6 is 0 Å². The third-order valence-corrected chi connectivity index (χ3v) is 5.49. The third-order valence-electron chi connectivity index (χ3n) is 5.49. The number of carbonyl (C=O) groups excluding carboxylic acids is 1. The van der Waals surface area contributed by atoms with Gasteiger partial charge in [0.05, 0.1) is 12.5 Å². The fraction of sp³-hybridized carbons (Fsp3) is 0.733. The highest BCUT2D eigenvalue weighted by Gasteiger charge is 2.55. The minimum Gasteiger partial charge on any atom is -0.481 e. The molecule has 0 heterocycles. The van der Waals surface area contributed by atoms with E-state index in [9.17, 15) is 14.7 Å². The molecule has 3 aliphatic rings. The molecule has 0 aromatic heterocycles. The van der Waals surface area contributed by atoms with Gasteiger partial charge in [0, 0.05) is 12.3 Å². The van der Waals surface area contributed by atoms with Gasteiger partial charge in [-0.25, -0.2) is 0 Å². The summed E-state index contributed by atoms with van der Waals surface area (Å²) in [6, 6.07) is 0. The van der Waals surface area contributed by atoms with Gasteiger partial charge in [-0.3, -0.25) is 9.59 Å². The molecule has 3 rings (SSSR count). The smallest absolute Gasteiger partial charge is 0.305 e. The van der Waals surface area contributed by atoms with Crippen molar-refractivity contribution in [1.82, 2.24) is 0 Å². The second-order valence-electron chi connectivity index (χ2n) is 6.41. The van der Waals surface area contributed by atoms with Crippen molar-refractivity contribution < 1.29 is 19.8 Å². The van der Waals surface area contributed by atoms with Gasteiger partial charge in [-0.1, -0.05) is 19.1 Å². The van der Waals surface area contributed by atoms with E-state index in [-0.39, 0.29) is 30.0 Å². The number of carboxylic acids is 1. The molecule has 0 aromatic rings. The molecular formula is C15H20O4. The van der Waals surface area contributed by atoms with Crippen molar-refractivity contribution in [3.05, 3.63) is 12.2 Å². The highest BCUT2D eigenvalue weighted by molar-refractivity contribution is 5.84. The Morgan fingerprint density at radius 3 is 2.79 bits per heavy atom. The lowest BCUT2D eigenvalue weighted by Crippen LogP contribution is -2.45. The molecule has 2 N–H and O–H groups in total. The topological polar surface area (TPSA) is 74.6 Å². The maximum atomic E-state index is 12.3. The minimum absolute atomic E-state index is 0.123. The Morgan fingerprint density at radius 1 is 1.42 bits per heavy atom. The quantitative estimate of drug-likeness (QED) is 0.757. The molecule has 0 aromatic carbocycles. The van der Waals surface area contributed by atoms with Crippen molar-refractivity contribution in [3.63, 3.8) is 0 Å². The summed E-state index contributed by atoms with van der Waals surface area (Å²) in [5.41, 5.74) is 0. The Hall–Kier alpha value is -1.16. The molecule has 0 aliphatic heterocycles. The fourth-order valence-electron chi connectivity index (χ4n) is 4.69. The van der Waals surface area contributed by atoms with E-state index in [0.717, 1.165) is 6.42 Å². The summed E-state index contributed by atoms with van der Waals surface area (Å²) in [7, 11) is 0. The number of aliphatic carboxylic acids is 1. The van der Waals surface area contributed by atoms with Crippen LogP contribution in [0.25, 0.3) is 0 Å². The largest absolute Gasteiger partial charge is 0.481 e. The lowest BCUT2D eigenvalue weighted by molar-refractivity contribution is -0.144. The van der Waals surface area contributed by atoms with Crippen LogP contribution in [0.5, 0.6) is 0 Å². The van der Waals surface area contributed by atoms with E-state index in [2.05, 4.69) is 19.1 Å². The number of ketones is 1. The molecule has 2 bridgehead atoms. The van der Waals surface area contributed by atoms with Gasteiger partial charge in [-0.2, -0.15) is 0 Å². The summed E-state index contributed by atoms with van der Waals surface area (Å²) in [6.45, 7) is 2.08. The summed E-state index contributed by atoms with van der Waals surface area (Å²) in [6.07, 6.45) is 4.62. The van der Waals surface area contributed by atoms with Crippen LogP contribution in [0, 0.1) is 35.5 Å². The molecule has 0 amide bonds. The van der Waals surface area contributed by atoms with Crippen molar-refractivity contribution in [3.8, 4) is 0 Å². The Balaban J connectivity index is 1.81. The number of allylic oxidation sites excluding steroid dienone is 2. The third kappa shape index (κ3) is 1.93. The first-order valence-electron chi connectivity index (χ1n) is 7.10. The van der Waals surface area contributed by atoms with E-state index in [0.29, 0.717) is 24.2 Å². The molecule has 7 unspecified atom stereocenters. The maximum absolute atomic E-state index is 12.3. The van der Waals surface area contributed by atoms with Gasteiger partial charge in [0.2, 0.25) is 0 Å². The van der Waals surface area contributed by atoms with Gasteiger partial charge in [-0.05, 0) is 36.0 Å². The molecule has 7 atom stereocenters. The SMILES string of the molecule is CC1C(C(O)CC(=O)O)CC(=O)C2C3C=CC(C3)C12. The lowest BCUT2D eigenvalue weighted by Gasteiger charge is -2.43. The second-order valence-corrected chi connectivity index (χ2v) is 6.41. The number of fused-ring (bicyclic) bond motifs is 5. The Kier molecular flexibility index (Phi) is 3.01. The van der Waals surface area contributed by atoms with E-state index >= 15 is 0 Å². The van der Waals surface area contributed by atoms with Crippen LogP contribution in [-0.4, -0.2) is 28.1 Å². The fourth-order valence-corrected chi connectivity index (χ4v) is 4.69. The number of Topliss-reactive ketones (excluding diaryl/α,β-unsaturated/α-hetero) is 1. The summed E-state index contributed by atoms with van der Waals surface area (Å²) in [4.78, 5) is 23.1. The number of hydrogen-bond donors (Lipinski definition) is 2. The molecule has 4 nitrogen and oxygen atoms in total. The second kappa shape index (κ2) is 4.44. The normalized spacial score (nSPS) is 45.3. The zero-order valence-electron chi connectivity index (χ0n) is 11.0. The Labute approximate surface area is 112 Å². The van der Waals surface area contributed by atoms with Crippen molar-refractivity contribution >= 4 is 11.8 Å². The number of aliphatic hydroxyl groups is 1. The van der Waals surface area contributed by atoms with Crippen LogP contribution in [0.2, 0.25) is 0 Å². The summed E-state index contributed by atoms with van der Waals surface area (Å²) in [5, 5.41) is 18.9. The van der Waals surface area contributed by atoms with Gasteiger partial charge in [0.25, 0.3) is 0 Å². The number of rotatable bonds is 3. The molecule has 104 valence electrons. The number of hydrogen-bond acceptors (Lipinski definition) is 3. The summed E-state index contributed by atoms with van der Waals surface area (Å²) >= 11 is 0. The van der Waals surface area contributed by atoms with Crippen molar-refractivity contribution in [2.24, 2.45) is 35.5 Å². The van der Waals surface area contributed by atoms with Gasteiger partial charge in [0.15, 0.2) is 0 Å². The molecule has 0 saturated heterocycles. The predicted molar refractivity (Wildman–Crippen MR) is 68.3 cm³/mol. The Bertz CT molecular complexity index is 441. The summed E-state index contributed by atoms with van der Waals surface area (Å²) < 4.78 is 0. The van der Waals surface area contributed by atoms with Crippen LogP contribution < -0.4 is 0 Å². The first kappa shape index (κ1) is 12.9. The van der Waals surface area contributed by atoms with Crippen molar-refractivity contribution in [2.75, 3.05) is 0 Å². The van der Waals surface area contributed by atoms with Crippen LogP contribution in [0.1, 0.15) is 26.2 Å². The van der Waals surface area contributed by atoms with E-state index < -0.39 is 12.1 Å². The standard InChI is InChI=1S/C15H20O4/c1-7-10(11(16)6-13(18)19)5-12(17)15-9-3-2-8(4-9)14(7)15/h2-3,7-11,14-16H,4-6H2,1H3,(H,18,19). The molecular weight excluding hydrogens is 244 g/mol. The zero-order valence-corrected chi connectivity index (χ0v) is 11.0. The lowest BCUT2D eigenvalue weighted by atomic mass is 9.61. The molecule has 2 fully saturated rings. The molecule has 3 aliphatic carbocycles. The number of carboxylic acid groups (broad SMARTS) is 1.